The maximum Gasteiger partial charge on any atom is 0.257 e. The predicted octanol–water partition coefficient (Wildman–Crippen LogP) is 1.86. The minimum Gasteiger partial charge on any atom is -0.378 e. The van der Waals surface area contributed by atoms with Crippen LogP contribution in [0.3, 0.4) is 0 Å². The molecule has 0 saturated carbocycles. The van der Waals surface area contributed by atoms with Gasteiger partial charge in [0.1, 0.15) is 10.3 Å². The fraction of sp³-hybridized carbons (Fsp3) is 0.400. The summed E-state index contributed by atoms with van der Waals surface area (Å²) in [6.45, 7) is 2.28. The van der Waals surface area contributed by atoms with Gasteiger partial charge in [-0.25, -0.2) is 4.98 Å². The smallest absolute Gasteiger partial charge is 0.257 e. The van der Waals surface area contributed by atoms with Crippen molar-refractivity contribution in [1.82, 2.24) is 9.88 Å². The summed E-state index contributed by atoms with van der Waals surface area (Å²) in [4.78, 5) is 17.6. The van der Waals surface area contributed by atoms with Gasteiger partial charge in [-0.05, 0) is 12.1 Å². The first-order valence-corrected chi connectivity index (χ1v) is 5.63. The highest BCUT2D eigenvalue weighted by molar-refractivity contribution is 6.34. The van der Waals surface area contributed by atoms with E-state index in [0.29, 0.717) is 31.9 Å². The number of nitrogens with zero attached hydrogens (tertiary/aromatic N) is 2. The Labute approximate surface area is 103 Å². The molecule has 0 bridgehead atoms. The Balaban J connectivity index is 2.19. The standard InChI is InChI=1S/C10H10Cl2N2O2/c11-8-2-1-7(9(12)13-8)10(15)14-3-5-16-6-4-14/h1-2H,3-6H2. The third kappa shape index (κ3) is 2.45. The van der Waals surface area contributed by atoms with E-state index in [-0.39, 0.29) is 16.2 Å². The van der Waals surface area contributed by atoms with Crippen molar-refractivity contribution in [2.75, 3.05) is 26.3 Å². The highest BCUT2D eigenvalue weighted by Crippen LogP contribution is 2.18. The highest BCUT2D eigenvalue weighted by atomic mass is 35.5. The number of carbonyl (C=O) groups is 1. The molecule has 2 heterocycles. The molecule has 0 N–H and O–H groups in total. The van der Waals surface area contributed by atoms with Crippen LogP contribution in [0.15, 0.2) is 12.1 Å². The Morgan fingerprint density at radius 3 is 2.62 bits per heavy atom. The maximum absolute atomic E-state index is 12.0. The summed E-state index contributed by atoms with van der Waals surface area (Å²) in [5.41, 5.74) is 0.382. The monoisotopic (exact) mass is 260 g/mol. The molecule has 1 aliphatic heterocycles. The van der Waals surface area contributed by atoms with Crippen molar-refractivity contribution in [3.8, 4) is 0 Å². The third-order valence-electron chi connectivity index (χ3n) is 2.34. The van der Waals surface area contributed by atoms with Crippen molar-refractivity contribution < 1.29 is 9.53 Å². The first-order chi connectivity index (χ1) is 7.68. The molecular weight excluding hydrogens is 251 g/mol. The molecule has 0 aromatic carbocycles. The third-order valence-corrected chi connectivity index (χ3v) is 2.84. The van der Waals surface area contributed by atoms with Crippen molar-refractivity contribution in [1.29, 1.82) is 0 Å². The Bertz CT molecular complexity index is 406. The number of carbonyl (C=O) groups excluding carboxylic acids is 1. The van der Waals surface area contributed by atoms with Crippen LogP contribution in [0, 0.1) is 0 Å². The first kappa shape index (κ1) is 11.6. The predicted molar refractivity (Wildman–Crippen MR) is 61.0 cm³/mol. The van der Waals surface area contributed by atoms with Crippen molar-refractivity contribution in [3.05, 3.63) is 28.0 Å². The number of aromatic nitrogens is 1. The zero-order chi connectivity index (χ0) is 11.5. The Morgan fingerprint density at radius 2 is 2.00 bits per heavy atom. The van der Waals surface area contributed by atoms with E-state index in [1.54, 1.807) is 17.0 Å². The van der Waals surface area contributed by atoms with E-state index in [4.69, 9.17) is 27.9 Å². The van der Waals surface area contributed by atoms with Gasteiger partial charge in [-0.3, -0.25) is 4.79 Å². The molecule has 16 heavy (non-hydrogen) atoms. The molecule has 2 rings (SSSR count). The van der Waals surface area contributed by atoms with Crippen LogP contribution in [-0.4, -0.2) is 42.1 Å². The molecule has 1 aromatic rings. The van der Waals surface area contributed by atoms with Crippen LogP contribution < -0.4 is 0 Å². The molecule has 0 spiro atoms. The van der Waals surface area contributed by atoms with E-state index < -0.39 is 0 Å². The molecule has 1 fully saturated rings. The second-order valence-electron chi connectivity index (χ2n) is 3.38. The van der Waals surface area contributed by atoms with E-state index in [9.17, 15) is 4.79 Å². The molecule has 1 aliphatic rings. The van der Waals surface area contributed by atoms with Gasteiger partial charge in [0, 0.05) is 13.1 Å². The Kier molecular flexibility index (Phi) is 3.63. The average Bonchev–Trinajstić information content (AvgIpc) is 2.29. The minimum atomic E-state index is -0.127. The first-order valence-electron chi connectivity index (χ1n) is 4.87. The largest absolute Gasteiger partial charge is 0.378 e. The Morgan fingerprint density at radius 1 is 1.31 bits per heavy atom. The number of pyridine rings is 1. The van der Waals surface area contributed by atoms with Crippen LogP contribution in [-0.2, 0) is 4.74 Å². The van der Waals surface area contributed by atoms with E-state index in [1.165, 1.54) is 0 Å². The van der Waals surface area contributed by atoms with E-state index in [1.807, 2.05) is 0 Å². The zero-order valence-electron chi connectivity index (χ0n) is 8.45. The number of morpholine rings is 1. The highest BCUT2D eigenvalue weighted by Gasteiger charge is 2.21. The fourth-order valence-corrected chi connectivity index (χ4v) is 1.93. The van der Waals surface area contributed by atoms with Gasteiger partial charge in [-0.2, -0.15) is 0 Å². The molecular formula is C10H10Cl2N2O2. The van der Waals surface area contributed by atoms with Gasteiger partial charge in [0.05, 0.1) is 18.8 Å². The van der Waals surface area contributed by atoms with Crippen LogP contribution in [0.25, 0.3) is 0 Å². The van der Waals surface area contributed by atoms with E-state index in [2.05, 4.69) is 4.98 Å². The quantitative estimate of drug-likeness (QED) is 0.724. The van der Waals surface area contributed by atoms with E-state index in [0.717, 1.165) is 0 Å². The average molecular weight is 261 g/mol. The van der Waals surface area contributed by atoms with Crippen LogP contribution in [0.2, 0.25) is 10.3 Å². The maximum atomic E-state index is 12.0. The van der Waals surface area contributed by atoms with Crippen molar-refractivity contribution in [2.24, 2.45) is 0 Å². The molecule has 0 aliphatic carbocycles. The number of rotatable bonds is 1. The molecule has 0 unspecified atom stereocenters. The van der Waals surface area contributed by atoms with Crippen LogP contribution in [0.4, 0.5) is 0 Å². The number of amides is 1. The number of hydrogen-bond acceptors (Lipinski definition) is 3. The summed E-state index contributed by atoms with van der Waals surface area (Å²) >= 11 is 11.5. The normalized spacial score (nSPS) is 16.2. The lowest BCUT2D eigenvalue weighted by Gasteiger charge is -2.26. The molecule has 0 radical (unpaired) electrons. The lowest BCUT2D eigenvalue weighted by molar-refractivity contribution is 0.0302. The fourth-order valence-electron chi connectivity index (χ4n) is 1.51. The van der Waals surface area contributed by atoms with Gasteiger partial charge < -0.3 is 9.64 Å². The van der Waals surface area contributed by atoms with Gasteiger partial charge in [0.25, 0.3) is 5.91 Å². The molecule has 1 saturated heterocycles. The molecule has 6 heteroatoms. The lowest BCUT2D eigenvalue weighted by Crippen LogP contribution is -2.40. The number of hydrogen-bond donors (Lipinski definition) is 0. The van der Waals surface area contributed by atoms with Crippen LogP contribution in [0.5, 0.6) is 0 Å². The summed E-state index contributed by atoms with van der Waals surface area (Å²) in [6, 6.07) is 3.15. The van der Waals surface area contributed by atoms with Crippen molar-refractivity contribution in [3.63, 3.8) is 0 Å². The second kappa shape index (κ2) is 4.99. The summed E-state index contributed by atoms with van der Waals surface area (Å²) < 4.78 is 5.17. The number of halogens is 2. The summed E-state index contributed by atoms with van der Waals surface area (Å²) in [6.07, 6.45) is 0. The lowest BCUT2D eigenvalue weighted by atomic mass is 10.2. The Hall–Kier alpha value is -0.840. The summed E-state index contributed by atoms with van der Waals surface area (Å²) in [5.74, 6) is -0.127. The molecule has 86 valence electrons. The second-order valence-corrected chi connectivity index (χ2v) is 4.12. The van der Waals surface area contributed by atoms with Crippen LogP contribution in [0.1, 0.15) is 10.4 Å². The molecule has 1 amide bonds. The van der Waals surface area contributed by atoms with Gasteiger partial charge >= 0.3 is 0 Å². The SMILES string of the molecule is O=C(c1ccc(Cl)nc1Cl)N1CCOCC1. The van der Waals surface area contributed by atoms with Gasteiger partial charge in [0.2, 0.25) is 0 Å². The number of ether oxygens (including phenoxy) is 1. The summed E-state index contributed by atoms with van der Waals surface area (Å²) in [5, 5.41) is 0.424. The topological polar surface area (TPSA) is 42.4 Å². The molecule has 1 aromatic heterocycles. The van der Waals surface area contributed by atoms with Crippen molar-refractivity contribution in [2.45, 2.75) is 0 Å². The molecule has 4 nitrogen and oxygen atoms in total. The van der Waals surface area contributed by atoms with Crippen molar-refractivity contribution >= 4 is 29.1 Å². The van der Waals surface area contributed by atoms with Gasteiger partial charge in [-0.1, -0.05) is 23.2 Å². The summed E-state index contributed by atoms with van der Waals surface area (Å²) in [7, 11) is 0. The van der Waals surface area contributed by atoms with Gasteiger partial charge in [0.15, 0.2) is 0 Å². The van der Waals surface area contributed by atoms with E-state index >= 15 is 0 Å². The van der Waals surface area contributed by atoms with Crippen LogP contribution >= 0.6 is 23.2 Å². The molecule has 0 atom stereocenters. The van der Waals surface area contributed by atoms with Gasteiger partial charge in [-0.15, -0.1) is 0 Å². The zero-order valence-corrected chi connectivity index (χ0v) is 9.96. The minimum absolute atomic E-state index is 0.127.